The van der Waals surface area contributed by atoms with E-state index in [-0.39, 0.29) is 24.5 Å². The summed E-state index contributed by atoms with van der Waals surface area (Å²) in [6, 6.07) is 9.85. The van der Waals surface area contributed by atoms with Crippen LogP contribution in [0.3, 0.4) is 0 Å². The first kappa shape index (κ1) is 16.6. The SMILES string of the molecule is C[C@H]1O[C@@H](n2cnc3c(Nc4ccccc4)ncnc32)[C@@H]2OC(C)(C)O[C@@H]21. The molecule has 2 aliphatic rings. The van der Waals surface area contributed by atoms with Crippen molar-refractivity contribution in [3.63, 3.8) is 0 Å². The molecule has 1 aromatic carbocycles. The fourth-order valence-electron chi connectivity index (χ4n) is 3.79. The van der Waals surface area contributed by atoms with Gasteiger partial charge in [-0.1, -0.05) is 18.2 Å². The highest BCUT2D eigenvalue weighted by molar-refractivity contribution is 5.85. The summed E-state index contributed by atoms with van der Waals surface area (Å²) in [5, 5.41) is 3.30. The van der Waals surface area contributed by atoms with Gasteiger partial charge in [0.1, 0.15) is 18.5 Å². The molecular formula is C19H21N5O3. The average Bonchev–Trinajstić information content (AvgIpc) is 3.29. The van der Waals surface area contributed by atoms with E-state index in [0.717, 1.165) is 5.69 Å². The summed E-state index contributed by atoms with van der Waals surface area (Å²) in [6.07, 6.45) is 2.49. The number of nitrogens with one attached hydrogen (secondary N) is 1. The summed E-state index contributed by atoms with van der Waals surface area (Å²) in [6.45, 7) is 5.84. The van der Waals surface area contributed by atoms with E-state index in [1.807, 2.05) is 55.7 Å². The lowest BCUT2D eigenvalue weighted by atomic mass is 10.1. The first-order chi connectivity index (χ1) is 13.0. The minimum absolute atomic E-state index is 0.0806. The Morgan fingerprint density at radius 2 is 1.81 bits per heavy atom. The molecular weight excluding hydrogens is 346 g/mol. The molecule has 140 valence electrons. The smallest absolute Gasteiger partial charge is 0.167 e. The van der Waals surface area contributed by atoms with Crippen LogP contribution in [0.25, 0.3) is 11.2 Å². The van der Waals surface area contributed by atoms with Crippen molar-refractivity contribution in [2.24, 2.45) is 0 Å². The molecule has 27 heavy (non-hydrogen) atoms. The van der Waals surface area contributed by atoms with Crippen LogP contribution >= 0.6 is 0 Å². The molecule has 0 aliphatic carbocycles. The minimum atomic E-state index is -0.628. The van der Waals surface area contributed by atoms with Crippen LogP contribution in [0.5, 0.6) is 0 Å². The van der Waals surface area contributed by atoms with E-state index in [2.05, 4.69) is 20.3 Å². The molecule has 3 aromatic rings. The van der Waals surface area contributed by atoms with Crippen molar-refractivity contribution in [1.29, 1.82) is 0 Å². The standard InChI is InChI=1S/C19H21N5O3/c1-11-14-15(27-19(2,3)26-14)18(25-11)24-10-22-13-16(20-9-21-17(13)24)23-12-7-5-4-6-8-12/h4-11,14-15,18H,1-3H3,(H,20,21,23)/t11-,14-,15-,18-/m1/s1. The number of para-hydroxylation sites is 1. The van der Waals surface area contributed by atoms with E-state index in [1.165, 1.54) is 6.33 Å². The van der Waals surface area contributed by atoms with E-state index in [1.54, 1.807) is 6.33 Å². The third kappa shape index (κ3) is 2.77. The minimum Gasteiger partial charge on any atom is -0.349 e. The molecule has 2 saturated heterocycles. The highest BCUT2D eigenvalue weighted by Gasteiger charge is 2.54. The monoisotopic (exact) mass is 367 g/mol. The van der Waals surface area contributed by atoms with E-state index in [0.29, 0.717) is 17.0 Å². The Labute approximate surface area is 156 Å². The summed E-state index contributed by atoms with van der Waals surface area (Å²) < 4.78 is 20.1. The van der Waals surface area contributed by atoms with Gasteiger partial charge in [0.2, 0.25) is 0 Å². The number of benzene rings is 1. The largest absolute Gasteiger partial charge is 0.349 e. The van der Waals surface area contributed by atoms with Crippen LogP contribution < -0.4 is 5.32 Å². The average molecular weight is 367 g/mol. The number of nitrogens with zero attached hydrogens (tertiary/aromatic N) is 4. The topological polar surface area (TPSA) is 83.3 Å². The zero-order valence-electron chi connectivity index (χ0n) is 15.4. The second kappa shape index (κ2) is 5.98. The lowest BCUT2D eigenvalue weighted by Crippen LogP contribution is -2.27. The lowest BCUT2D eigenvalue weighted by molar-refractivity contribution is -0.194. The Hall–Kier alpha value is -2.55. The number of fused-ring (bicyclic) bond motifs is 2. The molecule has 4 atom stereocenters. The Morgan fingerprint density at radius 3 is 2.63 bits per heavy atom. The van der Waals surface area contributed by atoms with Crippen molar-refractivity contribution in [1.82, 2.24) is 19.5 Å². The molecule has 1 N–H and O–H groups in total. The molecule has 0 amide bonds. The highest BCUT2D eigenvalue weighted by Crippen LogP contribution is 2.43. The molecule has 5 rings (SSSR count). The van der Waals surface area contributed by atoms with Gasteiger partial charge >= 0.3 is 0 Å². The Bertz CT molecular complexity index is 974. The van der Waals surface area contributed by atoms with E-state index in [9.17, 15) is 0 Å². The highest BCUT2D eigenvalue weighted by atomic mass is 16.8. The maximum Gasteiger partial charge on any atom is 0.167 e. The molecule has 2 aromatic heterocycles. The number of ether oxygens (including phenoxy) is 3. The number of hydrogen-bond donors (Lipinski definition) is 1. The predicted molar refractivity (Wildman–Crippen MR) is 98.5 cm³/mol. The molecule has 0 saturated carbocycles. The van der Waals surface area contributed by atoms with Gasteiger partial charge in [-0.25, -0.2) is 15.0 Å². The molecule has 0 bridgehead atoms. The lowest BCUT2D eigenvalue weighted by Gasteiger charge is -2.23. The molecule has 4 heterocycles. The van der Waals surface area contributed by atoms with Crippen LogP contribution in [0.1, 0.15) is 27.0 Å². The third-order valence-electron chi connectivity index (χ3n) is 4.93. The van der Waals surface area contributed by atoms with Gasteiger partial charge in [0.15, 0.2) is 29.0 Å². The second-order valence-electron chi connectivity index (χ2n) is 7.33. The van der Waals surface area contributed by atoms with Crippen molar-refractivity contribution in [2.45, 2.75) is 51.1 Å². The van der Waals surface area contributed by atoms with Crippen LogP contribution in [0, 0.1) is 0 Å². The third-order valence-corrected chi connectivity index (χ3v) is 4.93. The van der Waals surface area contributed by atoms with E-state index >= 15 is 0 Å². The van der Waals surface area contributed by atoms with Crippen LogP contribution in [0.4, 0.5) is 11.5 Å². The van der Waals surface area contributed by atoms with Crippen molar-refractivity contribution in [2.75, 3.05) is 5.32 Å². The number of anilines is 2. The van der Waals surface area contributed by atoms with Crippen molar-refractivity contribution in [3.8, 4) is 0 Å². The van der Waals surface area contributed by atoms with Crippen molar-refractivity contribution >= 4 is 22.7 Å². The first-order valence-corrected chi connectivity index (χ1v) is 9.02. The fraction of sp³-hybridized carbons (Fsp3) is 0.421. The van der Waals surface area contributed by atoms with Gasteiger partial charge < -0.3 is 19.5 Å². The van der Waals surface area contributed by atoms with Crippen LogP contribution in [-0.4, -0.2) is 43.6 Å². The number of aromatic nitrogens is 4. The quantitative estimate of drug-likeness (QED) is 0.762. The van der Waals surface area contributed by atoms with Crippen LogP contribution in [-0.2, 0) is 14.2 Å². The van der Waals surface area contributed by atoms with Crippen LogP contribution in [0.2, 0.25) is 0 Å². The number of rotatable bonds is 3. The predicted octanol–water partition coefficient (Wildman–Crippen LogP) is 3.01. The van der Waals surface area contributed by atoms with Gasteiger partial charge in [0, 0.05) is 5.69 Å². The summed E-state index contributed by atoms with van der Waals surface area (Å²) >= 11 is 0. The van der Waals surface area contributed by atoms with Gasteiger partial charge in [0.25, 0.3) is 0 Å². The summed E-state index contributed by atoms with van der Waals surface area (Å²) in [7, 11) is 0. The summed E-state index contributed by atoms with van der Waals surface area (Å²) in [5.74, 6) is 0.0215. The Morgan fingerprint density at radius 1 is 1.04 bits per heavy atom. The molecule has 2 fully saturated rings. The van der Waals surface area contributed by atoms with Crippen molar-refractivity contribution < 1.29 is 14.2 Å². The van der Waals surface area contributed by atoms with Gasteiger partial charge in [-0.3, -0.25) is 4.57 Å². The Balaban J connectivity index is 1.51. The van der Waals surface area contributed by atoms with Gasteiger partial charge in [-0.05, 0) is 32.9 Å². The number of imidazole rings is 1. The van der Waals surface area contributed by atoms with E-state index < -0.39 is 5.79 Å². The van der Waals surface area contributed by atoms with E-state index in [4.69, 9.17) is 14.2 Å². The van der Waals surface area contributed by atoms with Gasteiger partial charge in [-0.15, -0.1) is 0 Å². The summed E-state index contributed by atoms with van der Waals surface area (Å²) in [5.41, 5.74) is 2.31. The molecule has 0 radical (unpaired) electrons. The molecule has 0 unspecified atom stereocenters. The first-order valence-electron chi connectivity index (χ1n) is 9.02. The van der Waals surface area contributed by atoms with Crippen LogP contribution in [0.15, 0.2) is 43.0 Å². The summed E-state index contributed by atoms with van der Waals surface area (Å²) in [4.78, 5) is 13.3. The molecule has 0 spiro atoms. The molecule has 2 aliphatic heterocycles. The van der Waals surface area contributed by atoms with Gasteiger partial charge in [-0.2, -0.15) is 0 Å². The zero-order chi connectivity index (χ0) is 18.6. The maximum absolute atomic E-state index is 6.12. The van der Waals surface area contributed by atoms with Gasteiger partial charge in [0.05, 0.1) is 12.4 Å². The van der Waals surface area contributed by atoms with Crippen molar-refractivity contribution in [3.05, 3.63) is 43.0 Å². The molecule has 8 nitrogen and oxygen atoms in total. The maximum atomic E-state index is 6.12. The molecule has 8 heteroatoms. The zero-order valence-corrected chi connectivity index (χ0v) is 15.4. The fourth-order valence-corrected chi connectivity index (χ4v) is 3.79. The normalized spacial score (nSPS) is 29.1. The number of hydrogen-bond acceptors (Lipinski definition) is 7. The second-order valence-corrected chi connectivity index (χ2v) is 7.33. The Kier molecular flexibility index (Phi) is 3.68.